The lowest BCUT2D eigenvalue weighted by atomic mass is 9.94. The number of nitrogens with zero attached hydrogens (tertiary/aromatic N) is 2. The highest BCUT2D eigenvalue weighted by atomic mass is 32.2. The zero-order valence-electron chi connectivity index (χ0n) is 17.9. The van der Waals surface area contributed by atoms with E-state index in [1.165, 1.54) is 12.1 Å². The van der Waals surface area contributed by atoms with Crippen LogP contribution in [-0.4, -0.2) is 37.8 Å². The fraction of sp³-hybridized carbons (Fsp3) is 0.391. The highest BCUT2D eigenvalue weighted by Gasteiger charge is 2.31. The summed E-state index contributed by atoms with van der Waals surface area (Å²) < 4.78 is 33.1. The third kappa shape index (κ3) is 5.63. The van der Waals surface area contributed by atoms with Crippen LogP contribution in [0.3, 0.4) is 0 Å². The number of anilines is 1. The topological polar surface area (TPSA) is 99.5 Å². The van der Waals surface area contributed by atoms with Crippen molar-refractivity contribution in [2.24, 2.45) is 11.8 Å². The monoisotopic (exact) mass is 441 g/mol. The Kier molecular flexibility index (Phi) is 6.98. The third-order valence-electron chi connectivity index (χ3n) is 5.26. The summed E-state index contributed by atoms with van der Waals surface area (Å²) >= 11 is 0. The molecule has 1 amide bonds. The van der Waals surface area contributed by atoms with Crippen LogP contribution in [0.2, 0.25) is 0 Å². The summed E-state index contributed by atoms with van der Waals surface area (Å²) in [6.07, 6.45) is 0.257. The number of piperidine rings is 1. The average molecular weight is 442 g/mol. The molecule has 0 saturated carbocycles. The van der Waals surface area contributed by atoms with E-state index in [-0.39, 0.29) is 10.8 Å². The Balaban J connectivity index is 1.62. The van der Waals surface area contributed by atoms with Crippen LogP contribution in [0.25, 0.3) is 0 Å². The van der Waals surface area contributed by atoms with Gasteiger partial charge < -0.3 is 10.1 Å². The first-order valence-electron chi connectivity index (χ1n) is 10.3. The fourth-order valence-electron chi connectivity index (χ4n) is 3.77. The molecule has 3 atom stereocenters. The molecule has 0 aromatic heterocycles. The van der Waals surface area contributed by atoms with Gasteiger partial charge in [-0.15, -0.1) is 0 Å². The van der Waals surface area contributed by atoms with Gasteiger partial charge in [0.1, 0.15) is 5.75 Å². The number of hydrogen-bond acceptors (Lipinski definition) is 5. The summed E-state index contributed by atoms with van der Waals surface area (Å²) in [5, 5.41) is 11.6. The van der Waals surface area contributed by atoms with Crippen molar-refractivity contribution in [2.45, 2.75) is 38.2 Å². The standard InChI is InChI=1S/C23H27N3O4S/c1-16-12-17(2)15-26(14-16)31(28,29)22-10-6-20(7-11-22)25-23(27)18(3)30-21-8-4-19(13-24)5-9-21/h4-11,16-18H,12,14-15H2,1-3H3,(H,25,27). The lowest BCUT2D eigenvalue weighted by molar-refractivity contribution is -0.122. The Morgan fingerprint density at radius 2 is 1.68 bits per heavy atom. The van der Waals surface area contributed by atoms with E-state index in [1.54, 1.807) is 47.6 Å². The summed E-state index contributed by atoms with van der Waals surface area (Å²) in [4.78, 5) is 12.6. The quantitative estimate of drug-likeness (QED) is 0.738. The van der Waals surface area contributed by atoms with Crippen molar-refractivity contribution < 1.29 is 17.9 Å². The number of rotatable bonds is 6. The van der Waals surface area contributed by atoms with Gasteiger partial charge in [-0.2, -0.15) is 9.57 Å². The second-order valence-corrected chi connectivity index (χ2v) is 10.1. The summed E-state index contributed by atoms with van der Waals surface area (Å²) in [5.74, 6) is 0.774. The second kappa shape index (κ2) is 9.50. The molecule has 3 rings (SSSR count). The van der Waals surface area contributed by atoms with Crippen molar-refractivity contribution in [3.05, 3.63) is 54.1 Å². The summed E-state index contributed by atoms with van der Waals surface area (Å²) in [6.45, 7) is 6.80. The van der Waals surface area contributed by atoms with Gasteiger partial charge in [0.15, 0.2) is 6.10 Å². The number of carbonyl (C=O) groups excluding carboxylic acids is 1. The molecular formula is C23H27N3O4S. The first-order chi connectivity index (χ1) is 14.7. The first kappa shape index (κ1) is 22.8. The molecular weight excluding hydrogens is 414 g/mol. The number of hydrogen-bond donors (Lipinski definition) is 1. The van der Waals surface area contributed by atoms with Gasteiger partial charge >= 0.3 is 0 Å². The summed E-state index contributed by atoms with van der Waals surface area (Å²) in [6, 6.07) is 14.7. The van der Waals surface area contributed by atoms with Crippen LogP contribution < -0.4 is 10.1 Å². The lowest BCUT2D eigenvalue weighted by Gasteiger charge is -2.34. The molecule has 0 spiro atoms. The van der Waals surface area contributed by atoms with E-state index in [4.69, 9.17) is 10.00 Å². The minimum absolute atomic E-state index is 0.216. The van der Waals surface area contributed by atoms with Crippen LogP contribution in [0.4, 0.5) is 5.69 Å². The Morgan fingerprint density at radius 3 is 2.23 bits per heavy atom. The Labute approximate surface area is 183 Å². The number of amides is 1. The van der Waals surface area contributed by atoms with E-state index in [0.29, 0.717) is 41.9 Å². The largest absolute Gasteiger partial charge is 0.481 e. The van der Waals surface area contributed by atoms with Crippen LogP contribution in [-0.2, 0) is 14.8 Å². The van der Waals surface area contributed by atoms with Crippen LogP contribution in [0.15, 0.2) is 53.4 Å². The number of ether oxygens (including phenoxy) is 1. The van der Waals surface area contributed by atoms with Crippen molar-refractivity contribution >= 4 is 21.6 Å². The molecule has 0 aliphatic carbocycles. The predicted octanol–water partition coefficient (Wildman–Crippen LogP) is 3.63. The molecule has 1 N–H and O–H groups in total. The van der Waals surface area contributed by atoms with Gasteiger partial charge in [-0.3, -0.25) is 4.79 Å². The van der Waals surface area contributed by atoms with E-state index in [0.717, 1.165) is 6.42 Å². The summed E-state index contributed by atoms with van der Waals surface area (Å²) in [5.41, 5.74) is 0.993. The molecule has 1 aliphatic heterocycles. The zero-order valence-corrected chi connectivity index (χ0v) is 18.7. The molecule has 164 valence electrons. The first-order valence-corrected chi connectivity index (χ1v) is 11.7. The Hall–Kier alpha value is -2.89. The molecule has 2 aromatic rings. The van der Waals surface area contributed by atoms with E-state index in [2.05, 4.69) is 19.2 Å². The molecule has 2 aromatic carbocycles. The van der Waals surface area contributed by atoms with Crippen molar-refractivity contribution in [3.8, 4) is 11.8 Å². The smallest absolute Gasteiger partial charge is 0.265 e. The number of carbonyl (C=O) groups is 1. The third-order valence-corrected chi connectivity index (χ3v) is 7.11. The minimum atomic E-state index is -3.56. The fourth-order valence-corrected chi connectivity index (χ4v) is 5.45. The van der Waals surface area contributed by atoms with E-state index < -0.39 is 16.1 Å². The van der Waals surface area contributed by atoms with Gasteiger partial charge in [0.2, 0.25) is 10.0 Å². The van der Waals surface area contributed by atoms with Crippen molar-refractivity contribution in [1.29, 1.82) is 5.26 Å². The normalized spacial score (nSPS) is 20.5. The highest BCUT2D eigenvalue weighted by Crippen LogP contribution is 2.27. The molecule has 7 nitrogen and oxygen atoms in total. The number of nitriles is 1. The van der Waals surface area contributed by atoms with Crippen LogP contribution in [0.1, 0.15) is 32.8 Å². The highest BCUT2D eigenvalue weighted by molar-refractivity contribution is 7.89. The maximum atomic E-state index is 13.0. The number of sulfonamides is 1. The van der Waals surface area contributed by atoms with Gasteiger partial charge in [0.05, 0.1) is 16.5 Å². The van der Waals surface area contributed by atoms with Crippen molar-refractivity contribution in [3.63, 3.8) is 0 Å². The van der Waals surface area contributed by atoms with Crippen LogP contribution in [0, 0.1) is 23.2 Å². The summed E-state index contributed by atoms with van der Waals surface area (Å²) in [7, 11) is -3.56. The molecule has 8 heteroatoms. The van der Waals surface area contributed by atoms with E-state index in [1.807, 2.05) is 6.07 Å². The molecule has 1 fully saturated rings. The van der Waals surface area contributed by atoms with E-state index in [9.17, 15) is 13.2 Å². The van der Waals surface area contributed by atoms with Gasteiger partial charge in [-0.25, -0.2) is 8.42 Å². The van der Waals surface area contributed by atoms with Crippen LogP contribution in [0.5, 0.6) is 5.75 Å². The number of nitrogens with one attached hydrogen (secondary N) is 1. The van der Waals surface area contributed by atoms with Gasteiger partial charge in [0, 0.05) is 18.8 Å². The zero-order chi connectivity index (χ0) is 22.6. The Bertz CT molecular complexity index is 1050. The Morgan fingerprint density at radius 1 is 1.10 bits per heavy atom. The number of benzene rings is 2. The van der Waals surface area contributed by atoms with Crippen LogP contribution >= 0.6 is 0 Å². The average Bonchev–Trinajstić information content (AvgIpc) is 2.74. The molecule has 1 saturated heterocycles. The second-order valence-electron chi connectivity index (χ2n) is 8.18. The van der Waals surface area contributed by atoms with Gasteiger partial charge in [-0.05, 0) is 73.7 Å². The van der Waals surface area contributed by atoms with Crippen molar-refractivity contribution in [2.75, 3.05) is 18.4 Å². The van der Waals surface area contributed by atoms with Gasteiger partial charge in [-0.1, -0.05) is 13.8 Å². The molecule has 1 heterocycles. The lowest BCUT2D eigenvalue weighted by Crippen LogP contribution is -2.42. The minimum Gasteiger partial charge on any atom is -0.481 e. The molecule has 0 bridgehead atoms. The van der Waals surface area contributed by atoms with Gasteiger partial charge in [0.25, 0.3) is 5.91 Å². The SMILES string of the molecule is CC1CC(C)CN(S(=O)(=O)c2ccc(NC(=O)C(C)Oc3ccc(C#N)cc3)cc2)C1. The van der Waals surface area contributed by atoms with E-state index >= 15 is 0 Å². The molecule has 1 aliphatic rings. The maximum absolute atomic E-state index is 13.0. The maximum Gasteiger partial charge on any atom is 0.265 e. The molecule has 31 heavy (non-hydrogen) atoms. The van der Waals surface area contributed by atoms with Crippen molar-refractivity contribution in [1.82, 2.24) is 4.31 Å². The predicted molar refractivity (Wildman–Crippen MR) is 118 cm³/mol. The molecule has 0 radical (unpaired) electrons. The molecule has 3 unspecified atom stereocenters.